The summed E-state index contributed by atoms with van der Waals surface area (Å²) in [7, 11) is 0. The van der Waals surface area contributed by atoms with Crippen molar-refractivity contribution in [1.29, 1.82) is 0 Å². The van der Waals surface area contributed by atoms with Gasteiger partial charge in [-0.05, 0) is 85.8 Å². The molecule has 0 bridgehead atoms. The highest BCUT2D eigenvalue weighted by Crippen LogP contribution is 2.46. The summed E-state index contributed by atoms with van der Waals surface area (Å²) >= 11 is 1.56. The number of carbonyl (C=O) groups excluding carboxylic acids is 4. The Hall–Kier alpha value is -6.84. The molecule has 0 unspecified atom stereocenters. The molecule has 412 valence electrons. The molecule has 5 aliphatic heterocycles. The molecule has 3 saturated heterocycles. The lowest BCUT2D eigenvalue weighted by Gasteiger charge is -2.35. The minimum Gasteiger partial charge on any atom is -0.391 e. The molecule has 3 fully saturated rings. The molecule has 78 heavy (non-hydrogen) atoms. The highest BCUT2D eigenvalue weighted by Gasteiger charge is 2.45. The Kier molecular flexibility index (Phi) is 14.6. The van der Waals surface area contributed by atoms with Gasteiger partial charge in [-0.2, -0.15) is 10.2 Å². The summed E-state index contributed by atoms with van der Waals surface area (Å²) in [5.41, 5.74) is 9.40. The number of halogens is 2. The van der Waals surface area contributed by atoms with Crippen molar-refractivity contribution in [1.82, 2.24) is 50.0 Å². The predicted molar refractivity (Wildman–Crippen MR) is 293 cm³/mol. The van der Waals surface area contributed by atoms with E-state index in [0.29, 0.717) is 79.5 Å². The first-order chi connectivity index (χ1) is 37.4. The van der Waals surface area contributed by atoms with E-state index in [-0.39, 0.29) is 42.6 Å². The second-order valence-electron chi connectivity index (χ2n) is 22.7. The minimum atomic E-state index is -2.90. The number of amides is 4. The van der Waals surface area contributed by atoms with Crippen LogP contribution in [0.3, 0.4) is 0 Å². The van der Waals surface area contributed by atoms with Crippen LogP contribution in [-0.2, 0) is 49.8 Å². The largest absolute Gasteiger partial charge is 0.391 e. The van der Waals surface area contributed by atoms with Crippen LogP contribution in [0.1, 0.15) is 119 Å². The Labute approximate surface area is 456 Å². The maximum absolute atomic E-state index is 15.8. The first kappa shape index (κ1) is 53.2. The molecule has 2 aromatic carbocycles. The van der Waals surface area contributed by atoms with E-state index in [1.54, 1.807) is 41.3 Å². The molecular formula is C57H68F2N12O6S. The quantitative estimate of drug-likeness (QED) is 0.103. The van der Waals surface area contributed by atoms with Crippen molar-refractivity contribution in [2.45, 2.75) is 136 Å². The van der Waals surface area contributed by atoms with Crippen LogP contribution in [0, 0.1) is 12.3 Å². The Morgan fingerprint density at radius 3 is 2.41 bits per heavy atom. The number of aromatic nitrogens is 6. The summed E-state index contributed by atoms with van der Waals surface area (Å²) < 4.78 is 41.2. The van der Waals surface area contributed by atoms with Gasteiger partial charge in [0.15, 0.2) is 5.82 Å². The number of aliphatic hydroxyl groups is 1. The summed E-state index contributed by atoms with van der Waals surface area (Å²) in [5.74, 6) is -0.791. The molecule has 5 aliphatic rings. The number of aryl methyl sites for hydroxylation is 2. The van der Waals surface area contributed by atoms with Gasteiger partial charge in [-0.15, -0.1) is 16.4 Å². The van der Waals surface area contributed by atoms with Crippen LogP contribution in [0.25, 0.3) is 32.6 Å². The third kappa shape index (κ3) is 10.1. The number of β-amino-alcohol motifs (C(OH)–C–C–N with tert-alkyl or cyclic N) is 1. The lowest BCUT2D eigenvalue weighted by atomic mass is 9.85. The summed E-state index contributed by atoms with van der Waals surface area (Å²) in [6, 6.07) is 8.91. The number of nitrogens with zero attached hydrogens (tertiary/aromatic N) is 10. The SMILES string of the molecule is CC(=O)N1CCc2c(c(N3CCCc4cc(-c5cn(CC(=O)N[C@H](C(=O)N6C[C@H](O)C[C@H]6C(=O)N[C@@H](C)c6ccc(-c7scnc7C)cc6)C(C)(C)C)c6c(N7CCC7)cnnc56)c(C(F)F)cc43)nn2C2CCOCC2)C1. The van der Waals surface area contributed by atoms with Gasteiger partial charge in [0.05, 0.1) is 58.2 Å². The number of anilines is 3. The molecule has 0 saturated carbocycles. The van der Waals surface area contributed by atoms with Crippen molar-refractivity contribution >= 4 is 63.2 Å². The van der Waals surface area contributed by atoms with E-state index in [1.807, 2.05) is 75.4 Å². The van der Waals surface area contributed by atoms with Gasteiger partial charge in [-0.25, -0.2) is 13.8 Å². The normalized spacial score (nSPS) is 19.7. The number of ether oxygens (including phenoxy) is 1. The van der Waals surface area contributed by atoms with Crippen LogP contribution in [-0.4, -0.2) is 132 Å². The average Bonchev–Trinajstić information content (AvgIpc) is 4.40. The second kappa shape index (κ2) is 21.4. The van der Waals surface area contributed by atoms with Crippen molar-refractivity contribution in [2.75, 3.05) is 55.7 Å². The molecular weight excluding hydrogens is 1020 g/mol. The van der Waals surface area contributed by atoms with E-state index >= 15 is 8.78 Å². The molecule has 0 aliphatic carbocycles. The number of rotatable bonds is 13. The van der Waals surface area contributed by atoms with Gasteiger partial charge in [-0.3, -0.25) is 23.9 Å². The van der Waals surface area contributed by atoms with Crippen molar-refractivity contribution < 1.29 is 37.8 Å². The third-order valence-corrected chi connectivity index (χ3v) is 17.4. The molecule has 0 spiro atoms. The van der Waals surface area contributed by atoms with Crippen molar-refractivity contribution in [3.05, 3.63) is 87.9 Å². The first-order valence-corrected chi connectivity index (χ1v) is 28.2. The number of benzene rings is 2. The van der Waals surface area contributed by atoms with Crippen LogP contribution in [0.5, 0.6) is 0 Å². The lowest BCUT2D eigenvalue weighted by molar-refractivity contribution is -0.144. The summed E-state index contributed by atoms with van der Waals surface area (Å²) in [6.07, 6.45) is 4.06. The number of fused-ring (bicyclic) bond motifs is 3. The molecule has 0 radical (unpaired) electrons. The van der Waals surface area contributed by atoms with E-state index in [0.717, 1.165) is 77.3 Å². The lowest BCUT2D eigenvalue weighted by Crippen LogP contribution is -2.58. The number of thiazole rings is 1. The molecule has 4 aromatic heterocycles. The Bertz CT molecular complexity index is 3270. The van der Waals surface area contributed by atoms with E-state index in [4.69, 9.17) is 9.84 Å². The van der Waals surface area contributed by atoms with Gasteiger partial charge in [-0.1, -0.05) is 45.0 Å². The number of carbonyl (C=O) groups is 4. The third-order valence-electron chi connectivity index (χ3n) is 16.4. The first-order valence-electron chi connectivity index (χ1n) is 27.3. The average molecular weight is 1090 g/mol. The van der Waals surface area contributed by atoms with Gasteiger partial charge in [0.1, 0.15) is 24.1 Å². The Balaban J connectivity index is 0.882. The van der Waals surface area contributed by atoms with Crippen LogP contribution in [0.2, 0.25) is 0 Å². The van der Waals surface area contributed by atoms with E-state index < -0.39 is 53.8 Å². The van der Waals surface area contributed by atoms with Crippen LogP contribution >= 0.6 is 11.3 Å². The summed E-state index contributed by atoms with van der Waals surface area (Å²) in [6.45, 7) is 14.7. The zero-order valence-corrected chi connectivity index (χ0v) is 45.9. The predicted octanol–water partition coefficient (Wildman–Crippen LogP) is 7.58. The number of alkyl halides is 2. The maximum Gasteiger partial charge on any atom is 0.264 e. The Morgan fingerprint density at radius 1 is 0.962 bits per heavy atom. The van der Waals surface area contributed by atoms with Crippen molar-refractivity contribution in [3.8, 4) is 21.6 Å². The number of aliphatic hydroxyl groups excluding tert-OH is 1. The smallest absolute Gasteiger partial charge is 0.264 e. The number of likely N-dealkylation sites (tertiary alicyclic amines) is 1. The fourth-order valence-corrected chi connectivity index (χ4v) is 12.8. The number of nitrogens with one attached hydrogen (secondary N) is 2. The van der Waals surface area contributed by atoms with Crippen LogP contribution in [0.4, 0.5) is 26.0 Å². The molecule has 4 amide bonds. The summed E-state index contributed by atoms with van der Waals surface area (Å²) in [4.78, 5) is 68.9. The van der Waals surface area contributed by atoms with E-state index in [9.17, 15) is 24.3 Å². The molecule has 18 nitrogen and oxygen atoms in total. The maximum atomic E-state index is 15.8. The van der Waals surface area contributed by atoms with Crippen molar-refractivity contribution in [3.63, 3.8) is 0 Å². The molecule has 9 heterocycles. The molecule has 4 atom stereocenters. The van der Waals surface area contributed by atoms with Gasteiger partial charge in [0.25, 0.3) is 6.43 Å². The molecule has 21 heteroatoms. The molecule has 6 aromatic rings. The van der Waals surface area contributed by atoms with E-state index in [2.05, 4.69) is 40.3 Å². The van der Waals surface area contributed by atoms with Gasteiger partial charge < -0.3 is 44.6 Å². The topological polar surface area (TPSA) is 196 Å². The van der Waals surface area contributed by atoms with Crippen molar-refractivity contribution in [2.24, 2.45) is 5.41 Å². The molecule has 11 rings (SSSR count). The van der Waals surface area contributed by atoms with Gasteiger partial charge in [0, 0.05) is 100.0 Å². The highest BCUT2D eigenvalue weighted by molar-refractivity contribution is 7.13. The fourth-order valence-electron chi connectivity index (χ4n) is 12.0. The summed E-state index contributed by atoms with van der Waals surface area (Å²) in [5, 5.41) is 31.2. The highest BCUT2D eigenvalue weighted by atomic mass is 32.1. The second-order valence-corrected chi connectivity index (χ2v) is 23.5. The van der Waals surface area contributed by atoms with Crippen LogP contribution < -0.4 is 20.4 Å². The van der Waals surface area contributed by atoms with Crippen LogP contribution in [0.15, 0.2) is 54.3 Å². The zero-order chi connectivity index (χ0) is 54.7. The monoisotopic (exact) mass is 1090 g/mol. The standard InChI is InChI=1S/C57H68F2N12O6S/c1-32(35-10-12-36(13-11-35)51-33(2)60-31-78-51)62-55(75)46-24-39(73)27-70(46)56(76)52(57(4,5)6)63-48(74)30-68-28-42(49-50(68)47(26-61-64-49)66-17-8-18-66)40-23-37-9-7-19-69(45(37)25-41(40)53(58)59)54-43-29-67(34(3)72)20-14-44(43)71(65-54)38-15-21-77-22-16-38/h10-13,23,25-26,28,31-32,38-39,46,52-53,73H,7-9,14-22,24,27,29-30H2,1-6H3,(H,62,75)(H,63,74)/t32-,39+,46-,52+/m0/s1. The molecule has 3 N–H and O–H groups in total. The van der Waals surface area contributed by atoms with E-state index in [1.165, 1.54) is 4.90 Å². The number of hydrogen-bond acceptors (Lipinski definition) is 13. The van der Waals surface area contributed by atoms with Gasteiger partial charge in [0.2, 0.25) is 23.6 Å². The Morgan fingerprint density at radius 2 is 1.73 bits per heavy atom. The fraction of sp³-hybridized carbons (Fsp3) is 0.509. The van der Waals surface area contributed by atoms with Gasteiger partial charge >= 0.3 is 0 Å². The zero-order valence-electron chi connectivity index (χ0n) is 45.1. The minimum absolute atomic E-state index is 0.0291. The number of hydrogen-bond donors (Lipinski definition) is 3.